The minimum atomic E-state index is -0.366. The molecule has 1 unspecified atom stereocenters. The van der Waals surface area contributed by atoms with Crippen molar-refractivity contribution in [2.45, 2.75) is 66.7 Å². The monoisotopic (exact) mass is 508 g/mol. The number of nitrogens with one attached hydrogen (secondary N) is 2. The van der Waals surface area contributed by atoms with Crippen molar-refractivity contribution < 1.29 is 9.53 Å². The van der Waals surface area contributed by atoms with E-state index in [0.29, 0.717) is 17.7 Å². The van der Waals surface area contributed by atoms with Crippen LogP contribution >= 0.6 is 0 Å². The first kappa shape index (κ1) is 25.7. The van der Waals surface area contributed by atoms with E-state index in [2.05, 4.69) is 69.4 Å². The van der Waals surface area contributed by atoms with E-state index in [4.69, 9.17) is 14.7 Å². The van der Waals surface area contributed by atoms with Crippen molar-refractivity contribution in [3.63, 3.8) is 0 Å². The van der Waals surface area contributed by atoms with Crippen LogP contribution in [0, 0.1) is 13.8 Å². The molecule has 1 atom stereocenters. The molecule has 0 aromatic carbocycles. The minimum Gasteiger partial charge on any atom is -0.465 e. The molecule has 3 aromatic heterocycles. The Morgan fingerprint density at radius 2 is 1.68 bits per heavy atom. The van der Waals surface area contributed by atoms with Crippen molar-refractivity contribution in [1.82, 2.24) is 19.9 Å². The number of carbonyl (C=O) groups is 1. The average Bonchev–Trinajstić information content (AvgIpc) is 3.59. The summed E-state index contributed by atoms with van der Waals surface area (Å²) in [4.78, 5) is 30.4. The molecule has 5 heterocycles. The van der Waals surface area contributed by atoms with Crippen molar-refractivity contribution in [1.29, 1.82) is 0 Å². The van der Waals surface area contributed by atoms with Gasteiger partial charge < -0.3 is 14.7 Å². The summed E-state index contributed by atoms with van der Waals surface area (Å²) in [5, 5.41) is 0. The number of hydrogen-bond acceptors (Lipinski definition) is 4. The molecule has 8 bridgehead atoms. The SMILES string of the molecule is C=Cc1c(C)c2cc3nc(c(CC)c4nc(cc5[nH]c(cc1[nH]2)c(C)c5CC)C(C)=C4C(=O)OC)CC3C. The van der Waals surface area contributed by atoms with E-state index < -0.39 is 0 Å². The Morgan fingerprint density at radius 1 is 1.00 bits per heavy atom. The van der Waals surface area contributed by atoms with Gasteiger partial charge in [0.1, 0.15) is 0 Å². The largest absolute Gasteiger partial charge is 0.465 e. The van der Waals surface area contributed by atoms with E-state index in [1.165, 1.54) is 18.2 Å². The molecular formula is C32H36N4O2. The molecule has 5 rings (SSSR count). The topological polar surface area (TPSA) is 83.7 Å². The van der Waals surface area contributed by atoms with Gasteiger partial charge in [-0.25, -0.2) is 9.78 Å². The average molecular weight is 509 g/mol. The lowest BCUT2D eigenvalue weighted by atomic mass is 9.97. The summed E-state index contributed by atoms with van der Waals surface area (Å²) in [5.41, 5.74) is 14.6. The molecule has 0 aliphatic carbocycles. The van der Waals surface area contributed by atoms with E-state index in [-0.39, 0.29) is 11.9 Å². The van der Waals surface area contributed by atoms with Gasteiger partial charge in [0.2, 0.25) is 0 Å². The number of aryl methyl sites for hydroxylation is 3. The highest BCUT2D eigenvalue weighted by molar-refractivity contribution is 6.25. The van der Waals surface area contributed by atoms with E-state index in [0.717, 1.165) is 74.3 Å². The number of carbonyl (C=O) groups excluding carboxylic acids is 1. The van der Waals surface area contributed by atoms with E-state index >= 15 is 0 Å². The lowest BCUT2D eigenvalue weighted by molar-refractivity contribution is -0.133. The van der Waals surface area contributed by atoms with Gasteiger partial charge in [-0.3, -0.25) is 4.98 Å². The molecule has 2 aliphatic heterocycles. The number of hydrogen-bond donors (Lipinski definition) is 2. The first-order chi connectivity index (χ1) is 18.2. The van der Waals surface area contributed by atoms with Gasteiger partial charge >= 0.3 is 5.97 Å². The molecule has 2 N–H and O–H groups in total. The molecule has 6 nitrogen and oxygen atoms in total. The van der Waals surface area contributed by atoms with Crippen LogP contribution in [0.15, 0.2) is 24.8 Å². The second-order valence-electron chi connectivity index (χ2n) is 10.3. The zero-order chi connectivity index (χ0) is 27.3. The second-order valence-corrected chi connectivity index (χ2v) is 10.3. The van der Waals surface area contributed by atoms with Gasteiger partial charge in [0.15, 0.2) is 0 Å². The van der Waals surface area contributed by atoms with Crippen LogP contribution in [0.3, 0.4) is 0 Å². The van der Waals surface area contributed by atoms with Crippen LogP contribution < -0.4 is 0 Å². The molecule has 38 heavy (non-hydrogen) atoms. The van der Waals surface area contributed by atoms with Gasteiger partial charge in [0, 0.05) is 44.9 Å². The summed E-state index contributed by atoms with van der Waals surface area (Å²) in [6.07, 6.45) is 4.30. The number of esters is 1. The molecular weight excluding hydrogens is 472 g/mol. The van der Waals surface area contributed by atoms with Crippen molar-refractivity contribution in [3.8, 4) is 0 Å². The molecule has 0 spiro atoms. The summed E-state index contributed by atoms with van der Waals surface area (Å²) in [7, 11) is 1.43. The fourth-order valence-corrected chi connectivity index (χ4v) is 5.86. The van der Waals surface area contributed by atoms with Crippen LogP contribution in [0.5, 0.6) is 0 Å². The Hall–Kier alpha value is -3.93. The van der Waals surface area contributed by atoms with Crippen molar-refractivity contribution in [2.24, 2.45) is 0 Å². The van der Waals surface area contributed by atoms with E-state index in [9.17, 15) is 4.79 Å². The number of aromatic nitrogens is 4. The number of aromatic amines is 2. The summed E-state index contributed by atoms with van der Waals surface area (Å²) < 4.78 is 5.22. The number of methoxy groups -OCH3 is 1. The summed E-state index contributed by atoms with van der Waals surface area (Å²) in [5.74, 6) is -0.123. The van der Waals surface area contributed by atoms with Crippen LogP contribution in [-0.4, -0.2) is 33.0 Å². The van der Waals surface area contributed by atoms with Crippen LogP contribution in [0.1, 0.15) is 84.2 Å². The Bertz CT molecular complexity index is 1680. The first-order valence-electron chi connectivity index (χ1n) is 13.4. The molecule has 0 fully saturated rings. The molecule has 0 saturated heterocycles. The Kier molecular flexibility index (Phi) is 6.59. The predicted molar refractivity (Wildman–Crippen MR) is 156 cm³/mol. The lowest BCUT2D eigenvalue weighted by Gasteiger charge is -2.07. The molecule has 3 aromatic rings. The summed E-state index contributed by atoms with van der Waals surface area (Å²) in [6, 6.07) is 6.39. The highest BCUT2D eigenvalue weighted by atomic mass is 16.5. The number of ether oxygens (including phenoxy) is 1. The van der Waals surface area contributed by atoms with Crippen molar-refractivity contribution in [3.05, 3.63) is 75.4 Å². The number of fused-ring (bicyclic) bond motifs is 8. The number of nitrogens with zero attached hydrogens (tertiary/aromatic N) is 2. The Balaban J connectivity index is 2.02. The predicted octanol–water partition coefficient (Wildman–Crippen LogP) is 7.15. The standard InChI is InChI=1S/C32H36N4O2/c1-9-20-17(5)24-13-23-16(4)12-27(33-23)22(11-3)31-30(32(37)38-8)19(7)26(36-31)15-29-21(10-2)18(6)25(35-29)14-28(20)34-24/h9,13-16,34-35H,1,10-12H2,2-8H3. The third-order valence-electron chi connectivity index (χ3n) is 8.11. The molecule has 196 valence electrons. The second kappa shape index (κ2) is 9.75. The van der Waals surface area contributed by atoms with Gasteiger partial charge in [-0.15, -0.1) is 0 Å². The third-order valence-corrected chi connectivity index (χ3v) is 8.11. The quantitative estimate of drug-likeness (QED) is 0.367. The number of H-pyrrole nitrogens is 2. The molecule has 0 amide bonds. The zero-order valence-electron chi connectivity index (χ0n) is 23.4. The maximum atomic E-state index is 13.0. The third kappa shape index (κ3) is 3.99. The van der Waals surface area contributed by atoms with Gasteiger partial charge in [-0.2, -0.15) is 0 Å². The maximum Gasteiger partial charge on any atom is 0.340 e. The van der Waals surface area contributed by atoms with Gasteiger partial charge in [0.25, 0.3) is 0 Å². The first-order valence-corrected chi connectivity index (χ1v) is 13.4. The van der Waals surface area contributed by atoms with Gasteiger partial charge in [0.05, 0.1) is 24.1 Å². The fourth-order valence-electron chi connectivity index (χ4n) is 5.86. The molecule has 0 radical (unpaired) electrons. The number of rotatable bonds is 4. The molecule has 2 aliphatic rings. The van der Waals surface area contributed by atoms with Crippen LogP contribution in [0.25, 0.3) is 39.3 Å². The van der Waals surface area contributed by atoms with Crippen molar-refractivity contribution >= 4 is 45.3 Å². The van der Waals surface area contributed by atoms with Gasteiger partial charge in [-0.1, -0.05) is 33.4 Å². The number of allylic oxidation sites excluding steroid dienone is 1. The van der Waals surface area contributed by atoms with Crippen LogP contribution in [-0.2, 0) is 28.8 Å². The highest BCUT2D eigenvalue weighted by Crippen LogP contribution is 2.36. The van der Waals surface area contributed by atoms with Gasteiger partial charge in [-0.05, 0) is 86.1 Å². The maximum absolute atomic E-state index is 13.0. The highest BCUT2D eigenvalue weighted by Gasteiger charge is 2.29. The summed E-state index contributed by atoms with van der Waals surface area (Å²) in [6.45, 7) is 16.8. The zero-order valence-corrected chi connectivity index (χ0v) is 23.4. The van der Waals surface area contributed by atoms with Crippen LogP contribution in [0.4, 0.5) is 0 Å². The Morgan fingerprint density at radius 3 is 2.34 bits per heavy atom. The minimum absolute atomic E-state index is 0.244. The molecule has 6 heteroatoms. The normalized spacial score (nSPS) is 15.2. The fraction of sp³-hybridized carbons (Fsp3) is 0.344. The smallest absolute Gasteiger partial charge is 0.340 e. The van der Waals surface area contributed by atoms with Crippen molar-refractivity contribution in [2.75, 3.05) is 7.11 Å². The van der Waals surface area contributed by atoms with E-state index in [1.54, 1.807) is 0 Å². The van der Waals surface area contributed by atoms with E-state index in [1.807, 2.05) is 13.0 Å². The lowest BCUT2D eigenvalue weighted by Crippen LogP contribution is -2.07. The molecule has 0 saturated carbocycles. The summed E-state index contributed by atoms with van der Waals surface area (Å²) >= 11 is 0. The van der Waals surface area contributed by atoms with Crippen LogP contribution in [0.2, 0.25) is 0 Å². The Labute approximate surface area is 223 Å².